The van der Waals surface area contributed by atoms with Gasteiger partial charge in [-0.25, -0.2) is 0 Å². The molecule has 0 aliphatic carbocycles. The Morgan fingerprint density at radius 1 is 1.40 bits per heavy atom. The van der Waals surface area contributed by atoms with E-state index < -0.39 is 0 Å². The summed E-state index contributed by atoms with van der Waals surface area (Å²) in [6.07, 6.45) is 6.38. The molecule has 15 heavy (non-hydrogen) atoms. The third kappa shape index (κ3) is 3.03. The average Bonchev–Trinajstić information content (AvgIpc) is 2.97. The predicted octanol–water partition coefficient (Wildman–Crippen LogP) is 2.28. The molecule has 1 saturated heterocycles. The predicted molar refractivity (Wildman–Crippen MR) is 63.0 cm³/mol. The van der Waals surface area contributed by atoms with Crippen LogP contribution >= 0.6 is 0 Å². The van der Waals surface area contributed by atoms with E-state index in [0.29, 0.717) is 0 Å². The maximum absolute atomic E-state index is 4.33. The Morgan fingerprint density at radius 2 is 2.13 bits per heavy atom. The second-order valence-corrected chi connectivity index (χ2v) is 5.48. The standard InChI is InChI=1S/C13H20N2/c1-13(2,3)11-6-10(7-14-8-11)4-5-12-9-15-12/h6-8,12,15H,4-5,9H2,1-3H3/t12-/m1/s1. The molecule has 1 aromatic rings. The lowest BCUT2D eigenvalue weighted by Gasteiger charge is -2.19. The van der Waals surface area contributed by atoms with Crippen molar-refractivity contribution in [3.05, 3.63) is 29.6 Å². The van der Waals surface area contributed by atoms with E-state index >= 15 is 0 Å². The van der Waals surface area contributed by atoms with Crippen LogP contribution in [0.2, 0.25) is 0 Å². The molecule has 0 bridgehead atoms. The molecule has 1 N–H and O–H groups in total. The molecule has 82 valence electrons. The van der Waals surface area contributed by atoms with Gasteiger partial charge < -0.3 is 5.32 Å². The number of nitrogens with zero attached hydrogens (tertiary/aromatic N) is 1. The smallest absolute Gasteiger partial charge is 0.0305 e. The lowest BCUT2D eigenvalue weighted by atomic mass is 9.87. The molecule has 0 radical (unpaired) electrons. The molecule has 1 atom stereocenters. The molecule has 1 aromatic heterocycles. The lowest BCUT2D eigenvalue weighted by molar-refractivity contribution is 0.585. The molecule has 1 fully saturated rings. The number of pyridine rings is 1. The maximum atomic E-state index is 4.33. The molecule has 2 heterocycles. The first-order chi connectivity index (χ1) is 7.05. The van der Waals surface area contributed by atoms with E-state index in [4.69, 9.17) is 0 Å². The van der Waals surface area contributed by atoms with Gasteiger partial charge in [-0.2, -0.15) is 0 Å². The topological polar surface area (TPSA) is 34.8 Å². The van der Waals surface area contributed by atoms with Crippen molar-refractivity contribution in [2.24, 2.45) is 0 Å². The van der Waals surface area contributed by atoms with E-state index in [1.54, 1.807) is 0 Å². The van der Waals surface area contributed by atoms with E-state index in [1.165, 1.54) is 24.1 Å². The number of aryl methyl sites for hydroxylation is 1. The minimum atomic E-state index is 0.209. The van der Waals surface area contributed by atoms with Crippen molar-refractivity contribution < 1.29 is 0 Å². The highest BCUT2D eigenvalue weighted by molar-refractivity contribution is 5.24. The molecule has 2 nitrogen and oxygen atoms in total. The van der Waals surface area contributed by atoms with Gasteiger partial charge in [-0.05, 0) is 29.4 Å². The monoisotopic (exact) mass is 204 g/mol. The highest BCUT2D eigenvalue weighted by Crippen LogP contribution is 2.22. The van der Waals surface area contributed by atoms with Gasteiger partial charge in [0.05, 0.1) is 0 Å². The molecular weight excluding hydrogens is 184 g/mol. The summed E-state index contributed by atoms with van der Waals surface area (Å²) in [4.78, 5) is 4.33. The fourth-order valence-corrected chi connectivity index (χ4v) is 1.66. The van der Waals surface area contributed by atoms with Gasteiger partial charge in [0.15, 0.2) is 0 Å². The highest BCUT2D eigenvalue weighted by Gasteiger charge is 2.19. The van der Waals surface area contributed by atoms with Crippen molar-refractivity contribution >= 4 is 0 Å². The SMILES string of the molecule is CC(C)(C)c1cncc(CC[C@@H]2CN2)c1. The van der Waals surface area contributed by atoms with Gasteiger partial charge in [0.25, 0.3) is 0 Å². The van der Waals surface area contributed by atoms with Crippen LogP contribution in [-0.2, 0) is 11.8 Å². The fraction of sp³-hybridized carbons (Fsp3) is 0.615. The lowest BCUT2D eigenvalue weighted by Crippen LogP contribution is -2.12. The summed E-state index contributed by atoms with van der Waals surface area (Å²) in [5.74, 6) is 0. The highest BCUT2D eigenvalue weighted by atomic mass is 15.1. The summed E-state index contributed by atoms with van der Waals surface area (Å²) >= 11 is 0. The third-order valence-corrected chi connectivity index (χ3v) is 2.94. The van der Waals surface area contributed by atoms with E-state index in [2.05, 4.69) is 37.1 Å². The number of nitrogens with one attached hydrogen (secondary N) is 1. The Kier molecular flexibility index (Phi) is 2.79. The van der Waals surface area contributed by atoms with Crippen molar-refractivity contribution in [2.75, 3.05) is 6.54 Å². The summed E-state index contributed by atoms with van der Waals surface area (Å²) in [6.45, 7) is 7.90. The number of hydrogen-bond acceptors (Lipinski definition) is 2. The minimum absolute atomic E-state index is 0.209. The second kappa shape index (κ2) is 3.93. The molecule has 2 heteroatoms. The van der Waals surface area contributed by atoms with Gasteiger partial charge in [-0.15, -0.1) is 0 Å². The normalized spacial score (nSPS) is 20.3. The Bertz CT molecular complexity index is 335. The maximum Gasteiger partial charge on any atom is 0.0305 e. The van der Waals surface area contributed by atoms with Crippen LogP contribution in [0.5, 0.6) is 0 Å². The van der Waals surface area contributed by atoms with Crippen molar-refractivity contribution in [1.29, 1.82) is 0 Å². The quantitative estimate of drug-likeness (QED) is 0.767. The van der Waals surface area contributed by atoms with Gasteiger partial charge in [0.2, 0.25) is 0 Å². The molecule has 0 spiro atoms. The van der Waals surface area contributed by atoms with Crippen molar-refractivity contribution in [1.82, 2.24) is 10.3 Å². The van der Waals surface area contributed by atoms with Crippen LogP contribution in [0.25, 0.3) is 0 Å². The largest absolute Gasteiger partial charge is 0.311 e. The van der Waals surface area contributed by atoms with Crippen molar-refractivity contribution in [3.8, 4) is 0 Å². The Morgan fingerprint density at radius 3 is 2.73 bits per heavy atom. The summed E-state index contributed by atoms with van der Waals surface area (Å²) < 4.78 is 0. The zero-order valence-corrected chi connectivity index (χ0v) is 9.88. The van der Waals surface area contributed by atoms with Gasteiger partial charge in [-0.3, -0.25) is 4.98 Å². The third-order valence-electron chi connectivity index (χ3n) is 2.94. The Hall–Kier alpha value is -0.890. The molecule has 0 aromatic carbocycles. The van der Waals surface area contributed by atoms with Gasteiger partial charge >= 0.3 is 0 Å². The number of aromatic nitrogens is 1. The molecule has 0 amide bonds. The molecule has 1 aliphatic heterocycles. The van der Waals surface area contributed by atoms with Crippen LogP contribution in [0.4, 0.5) is 0 Å². The van der Waals surface area contributed by atoms with Crippen LogP contribution in [0, 0.1) is 0 Å². The number of hydrogen-bond donors (Lipinski definition) is 1. The fourth-order valence-electron chi connectivity index (χ4n) is 1.66. The van der Waals surface area contributed by atoms with Gasteiger partial charge in [0.1, 0.15) is 0 Å². The van der Waals surface area contributed by atoms with Gasteiger partial charge in [0, 0.05) is 25.0 Å². The van der Waals surface area contributed by atoms with Crippen LogP contribution in [0.1, 0.15) is 38.3 Å². The molecule has 0 unspecified atom stereocenters. The zero-order valence-electron chi connectivity index (χ0n) is 9.88. The minimum Gasteiger partial charge on any atom is -0.311 e. The Balaban J connectivity index is 2.04. The van der Waals surface area contributed by atoms with E-state index in [9.17, 15) is 0 Å². The molecule has 1 aliphatic rings. The van der Waals surface area contributed by atoms with E-state index in [-0.39, 0.29) is 5.41 Å². The van der Waals surface area contributed by atoms with Crippen LogP contribution in [-0.4, -0.2) is 17.6 Å². The summed E-state index contributed by atoms with van der Waals surface area (Å²) in [5.41, 5.74) is 2.92. The van der Waals surface area contributed by atoms with Crippen molar-refractivity contribution in [3.63, 3.8) is 0 Å². The first-order valence-corrected chi connectivity index (χ1v) is 5.73. The van der Waals surface area contributed by atoms with E-state index in [0.717, 1.165) is 12.5 Å². The zero-order chi connectivity index (χ0) is 10.9. The van der Waals surface area contributed by atoms with E-state index in [1.807, 2.05) is 12.4 Å². The summed E-state index contributed by atoms with van der Waals surface area (Å²) in [6, 6.07) is 3.07. The second-order valence-electron chi connectivity index (χ2n) is 5.48. The van der Waals surface area contributed by atoms with Crippen molar-refractivity contribution in [2.45, 2.75) is 45.1 Å². The first kappa shape index (κ1) is 10.6. The molecule has 2 rings (SSSR count). The van der Waals surface area contributed by atoms with Crippen LogP contribution < -0.4 is 5.32 Å². The first-order valence-electron chi connectivity index (χ1n) is 5.73. The molecular formula is C13H20N2. The average molecular weight is 204 g/mol. The van der Waals surface area contributed by atoms with Crippen LogP contribution in [0.15, 0.2) is 18.5 Å². The summed E-state index contributed by atoms with van der Waals surface area (Å²) in [7, 11) is 0. The van der Waals surface area contributed by atoms with Crippen LogP contribution in [0.3, 0.4) is 0 Å². The Labute approximate surface area is 92.1 Å². The number of rotatable bonds is 3. The summed E-state index contributed by atoms with van der Waals surface area (Å²) in [5, 5.41) is 3.33. The van der Waals surface area contributed by atoms with Gasteiger partial charge in [-0.1, -0.05) is 26.8 Å². The molecule has 0 saturated carbocycles.